The summed E-state index contributed by atoms with van der Waals surface area (Å²) < 4.78 is 6.44. The van der Waals surface area contributed by atoms with Gasteiger partial charge in [-0.15, -0.1) is 11.3 Å². The molecule has 0 aliphatic heterocycles. The Kier molecular flexibility index (Phi) is 3.80. The number of aromatic nitrogens is 4. The van der Waals surface area contributed by atoms with E-state index in [-0.39, 0.29) is 0 Å². The lowest BCUT2D eigenvalue weighted by molar-refractivity contribution is 0.391. The molecule has 0 fully saturated rings. The fraction of sp³-hybridized carbons (Fsp3) is 0.125. The van der Waals surface area contributed by atoms with E-state index in [9.17, 15) is 0 Å². The molecule has 0 spiro atoms. The first-order valence-electron chi connectivity index (χ1n) is 7.00. The van der Waals surface area contributed by atoms with E-state index >= 15 is 0 Å². The van der Waals surface area contributed by atoms with Crippen molar-refractivity contribution in [1.82, 2.24) is 20.1 Å². The second-order valence-corrected chi connectivity index (χ2v) is 6.86. The van der Waals surface area contributed by atoms with E-state index in [1.54, 1.807) is 29.4 Å². The number of hydrogen-bond acceptors (Lipinski definition) is 7. The first-order chi connectivity index (χ1) is 11.3. The van der Waals surface area contributed by atoms with Crippen molar-refractivity contribution in [2.24, 2.45) is 0 Å². The standard InChI is InChI=1S/C16H12N4OS2/c1-10-2-4-11(5-3-10)15-19-13(21-20-15)8-23-16-14-12(6-7-22-14)17-9-18-16/h2-7,9H,8H2,1H3. The molecule has 0 N–H and O–H groups in total. The number of thioether (sulfide) groups is 1. The van der Waals surface area contributed by atoms with Crippen LogP contribution in [0.5, 0.6) is 0 Å². The van der Waals surface area contributed by atoms with Crippen molar-refractivity contribution >= 4 is 33.3 Å². The number of benzene rings is 1. The van der Waals surface area contributed by atoms with Gasteiger partial charge in [0.25, 0.3) is 0 Å². The predicted molar refractivity (Wildman–Crippen MR) is 91.4 cm³/mol. The molecule has 4 rings (SSSR count). The van der Waals surface area contributed by atoms with Gasteiger partial charge < -0.3 is 4.52 Å². The zero-order valence-electron chi connectivity index (χ0n) is 12.3. The Labute approximate surface area is 140 Å². The predicted octanol–water partition coefficient (Wildman–Crippen LogP) is 4.34. The summed E-state index contributed by atoms with van der Waals surface area (Å²) in [4.78, 5) is 13.0. The monoisotopic (exact) mass is 340 g/mol. The van der Waals surface area contributed by atoms with Gasteiger partial charge in [-0.2, -0.15) is 4.98 Å². The van der Waals surface area contributed by atoms with Gasteiger partial charge in [0.15, 0.2) is 0 Å². The lowest BCUT2D eigenvalue weighted by Crippen LogP contribution is -1.86. The summed E-state index contributed by atoms with van der Waals surface area (Å²) in [6.45, 7) is 2.05. The van der Waals surface area contributed by atoms with E-state index in [4.69, 9.17) is 4.52 Å². The second kappa shape index (κ2) is 6.10. The molecule has 7 heteroatoms. The Morgan fingerprint density at radius 1 is 1.13 bits per heavy atom. The lowest BCUT2D eigenvalue weighted by atomic mass is 10.1. The van der Waals surface area contributed by atoms with Crippen LogP contribution in [0.3, 0.4) is 0 Å². The molecule has 3 aromatic heterocycles. The van der Waals surface area contributed by atoms with Crippen molar-refractivity contribution in [1.29, 1.82) is 0 Å². The van der Waals surface area contributed by atoms with E-state index in [1.807, 2.05) is 35.7 Å². The molecule has 4 aromatic rings. The number of thiophene rings is 1. The van der Waals surface area contributed by atoms with Crippen LogP contribution in [0.4, 0.5) is 0 Å². The molecule has 0 bridgehead atoms. The summed E-state index contributed by atoms with van der Waals surface area (Å²) in [5.41, 5.74) is 3.13. The van der Waals surface area contributed by atoms with Crippen LogP contribution in [0.2, 0.25) is 0 Å². The summed E-state index contributed by atoms with van der Waals surface area (Å²) in [5.74, 6) is 1.79. The van der Waals surface area contributed by atoms with Gasteiger partial charge in [-0.3, -0.25) is 0 Å². The van der Waals surface area contributed by atoms with Gasteiger partial charge in [0, 0.05) is 5.56 Å². The van der Waals surface area contributed by atoms with Gasteiger partial charge in [-0.1, -0.05) is 46.7 Å². The first-order valence-corrected chi connectivity index (χ1v) is 8.87. The van der Waals surface area contributed by atoms with E-state index in [1.165, 1.54) is 5.56 Å². The highest BCUT2D eigenvalue weighted by Crippen LogP contribution is 2.30. The Morgan fingerprint density at radius 3 is 2.87 bits per heavy atom. The molecule has 0 saturated carbocycles. The minimum Gasteiger partial charge on any atom is -0.338 e. The third-order valence-electron chi connectivity index (χ3n) is 3.32. The Balaban J connectivity index is 1.52. The number of rotatable bonds is 4. The van der Waals surface area contributed by atoms with Crippen LogP contribution in [-0.4, -0.2) is 20.1 Å². The molecule has 1 aromatic carbocycles. The summed E-state index contributed by atoms with van der Waals surface area (Å²) >= 11 is 3.22. The van der Waals surface area contributed by atoms with Gasteiger partial charge >= 0.3 is 0 Å². The molecule has 114 valence electrons. The molecule has 0 atom stereocenters. The smallest absolute Gasteiger partial charge is 0.237 e. The Morgan fingerprint density at radius 2 is 2.00 bits per heavy atom. The highest BCUT2D eigenvalue weighted by atomic mass is 32.2. The molecule has 3 heterocycles. The summed E-state index contributed by atoms with van der Waals surface area (Å²) in [6, 6.07) is 10.1. The van der Waals surface area contributed by atoms with Crippen LogP contribution in [0.1, 0.15) is 11.5 Å². The number of aryl methyl sites for hydroxylation is 1. The van der Waals surface area contributed by atoms with Crippen molar-refractivity contribution in [2.75, 3.05) is 0 Å². The molecule has 0 amide bonds. The molecule has 0 saturated heterocycles. The zero-order valence-corrected chi connectivity index (χ0v) is 13.9. The number of fused-ring (bicyclic) bond motifs is 1. The maximum atomic E-state index is 5.34. The molecule has 0 aliphatic carbocycles. The van der Waals surface area contributed by atoms with Crippen molar-refractivity contribution in [3.63, 3.8) is 0 Å². The quantitative estimate of drug-likeness (QED) is 0.407. The molecule has 0 aliphatic rings. The van der Waals surface area contributed by atoms with E-state index in [2.05, 4.69) is 27.0 Å². The molecule has 5 nitrogen and oxygen atoms in total. The fourth-order valence-electron chi connectivity index (χ4n) is 2.13. The van der Waals surface area contributed by atoms with Crippen LogP contribution in [0, 0.1) is 6.92 Å². The molecule has 23 heavy (non-hydrogen) atoms. The highest BCUT2D eigenvalue weighted by Gasteiger charge is 2.11. The van der Waals surface area contributed by atoms with Crippen LogP contribution >= 0.6 is 23.1 Å². The number of nitrogens with zero attached hydrogens (tertiary/aromatic N) is 4. The first kappa shape index (κ1) is 14.3. The Hall–Kier alpha value is -2.25. The van der Waals surface area contributed by atoms with Gasteiger partial charge in [0.05, 0.1) is 16.0 Å². The molecular weight excluding hydrogens is 328 g/mol. The summed E-state index contributed by atoms with van der Waals surface area (Å²) in [5, 5.41) is 7.02. The zero-order chi connectivity index (χ0) is 15.6. The van der Waals surface area contributed by atoms with Crippen molar-refractivity contribution in [3.05, 3.63) is 53.5 Å². The normalized spacial score (nSPS) is 11.2. The van der Waals surface area contributed by atoms with Crippen molar-refractivity contribution < 1.29 is 4.52 Å². The van der Waals surface area contributed by atoms with Crippen molar-refractivity contribution in [3.8, 4) is 11.4 Å². The lowest BCUT2D eigenvalue weighted by Gasteiger charge is -1.98. The minimum absolute atomic E-state index is 0.586. The fourth-order valence-corrected chi connectivity index (χ4v) is 3.92. The van der Waals surface area contributed by atoms with E-state index in [0.717, 1.165) is 20.8 Å². The van der Waals surface area contributed by atoms with Crippen LogP contribution in [-0.2, 0) is 5.75 Å². The SMILES string of the molecule is Cc1ccc(-c2noc(CSc3ncnc4ccsc34)n2)cc1. The van der Waals surface area contributed by atoms with Gasteiger partial charge in [-0.05, 0) is 18.4 Å². The number of hydrogen-bond donors (Lipinski definition) is 0. The van der Waals surface area contributed by atoms with Crippen LogP contribution in [0.15, 0.2) is 51.6 Å². The highest BCUT2D eigenvalue weighted by molar-refractivity contribution is 7.98. The van der Waals surface area contributed by atoms with Gasteiger partial charge in [0.1, 0.15) is 11.4 Å². The topological polar surface area (TPSA) is 64.7 Å². The van der Waals surface area contributed by atoms with Crippen LogP contribution < -0.4 is 0 Å². The maximum absolute atomic E-state index is 5.34. The Bertz CT molecular complexity index is 946. The maximum Gasteiger partial charge on any atom is 0.237 e. The third-order valence-corrected chi connectivity index (χ3v) is 5.33. The molecule has 0 radical (unpaired) electrons. The van der Waals surface area contributed by atoms with E-state index in [0.29, 0.717) is 17.5 Å². The van der Waals surface area contributed by atoms with Gasteiger partial charge in [0.2, 0.25) is 11.7 Å². The average molecular weight is 340 g/mol. The molecule has 0 unspecified atom stereocenters. The third kappa shape index (κ3) is 2.97. The van der Waals surface area contributed by atoms with E-state index < -0.39 is 0 Å². The second-order valence-electron chi connectivity index (χ2n) is 4.98. The summed E-state index contributed by atoms with van der Waals surface area (Å²) in [7, 11) is 0. The average Bonchev–Trinajstić information content (AvgIpc) is 3.23. The minimum atomic E-state index is 0.586. The molecular formula is C16H12N4OS2. The largest absolute Gasteiger partial charge is 0.338 e. The van der Waals surface area contributed by atoms with Crippen molar-refractivity contribution in [2.45, 2.75) is 17.7 Å². The summed E-state index contributed by atoms with van der Waals surface area (Å²) in [6.07, 6.45) is 1.59. The van der Waals surface area contributed by atoms with Gasteiger partial charge in [-0.25, -0.2) is 9.97 Å². The van der Waals surface area contributed by atoms with Crippen LogP contribution in [0.25, 0.3) is 21.6 Å².